The number of H-pyrrole nitrogens is 1. The van der Waals surface area contributed by atoms with Crippen molar-refractivity contribution in [2.24, 2.45) is 0 Å². The van der Waals surface area contributed by atoms with E-state index in [1.54, 1.807) is 12.5 Å². The molecule has 64 valence electrons. The first kappa shape index (κ1) is 6.65. The Balaban J connectivity index is 2.30. The summed E-state index contributed by atoms with van der Waals surface area (Å²) in [6.07, 6.45) is 3.41. The van der Waals surface area contributed by atoms with Crippen molar-refractivity contribution in [3.8, 4) is 17.1 Å². The minimum atomic E-state index is 0.550. The second-order valence-electron chi connectivity index (χ2n) is 2.87. The van der Waals surface area contributed by atoms with E-state index in [2.05, 4.69) is 15.0 Å². The van der Waals surface area contributed by atoms with Crippen molar-refractivity contribution in [3.05, 3.63) is 30.4 Å². The van der Waals surface area contributed by atoms with Crippen LogP contribution in [0, 0.1) is 0 Å². The molecule has 1 aliphatic rings. The summed E-state index contributed by atoms with van der Waals surface area (Å²) in [6.45, 7) is 0.550. The van der Waals surface area contributed by atoms with Gasteiger partial charge in [0.25, 0.3) is 0 Å². The van der Waals surface area contributed by atoms with Gasteiger partial charge in [0.1, 0.15) is 23.7 Å². The molecular formula is C9H7N3O. The number of fused-ring (bicyclic) bond motifs is 3. The van der Waals surface area contributed by atoms with Crippen molar-refractivity contribution in [2.75, 3.05) is 0 Å². The van der Waals surface area contributed by atoms with Gasteiger partial charge >= 0.3 is 0 Å². The molecule has 0 fully saturated rings. The highest BCUT2D eigenvalue weighted by molar-refractivity contribution is 5.66. The molecule has 0 unspecified atom stereocenters. The van der Waals surface area contributed by atoms with Crippen molar-refractivity contribution in [1.29, 1.82) is 0 Å². The highest BCUT2D eigenvalue weighted by atomic mass is 16.5. The molecule has 0 aliphatic carbocycles. The minimum Gasteiger partial charge on any atom is -0.485 e. The maximum atomic E-state index is 5.47. The maximum Gasteiger partial charge on any atom is 0.147 e. The predicted molar refractivity (Wildman–Crippen MR) is 46.2 cm³/mol. The summed E-state index contributed by atoms with van der Waals surface area (Å²) >= 11 is 0. The molecule has 0 radical (unpaired) electrons. The van der Waals surface area contributed by atoms with Crippen LogP contribution < -0.4 is 4.74 Å². The number of aromatic nitrogens is 3. The average molecular weight is 173 g/mol. The van der Waals surface area contributed by atoms with Crippen LogP contribution in [-0.4, -0.2) is 15.0 Å². The number of rotatable bonds is 0. The van der Waals surface area contributed by atoms with Crippen LogP contribution in [0.5, 0.6) is 5.75 Å². The molecule has 0 saturated carbocycles. The minimum absolute atomic E-state index is 0.550. The fourth-order valence-electron chi connectivity index (χ4n) is 1.47. The number of pyridine rings is 1. The highest BCUT2D eigenvalue weighted by Gasteiger charge is 2.19. The van der Waals surface area contributed by atoms with Crippen molar-refractivity contribution in [2.45, 2.75) is 6.61 Å². The van der Waals surface area contributed by atoms with E-state index in [-0.39, 0.29) is 0 Å². The number of hydrogen-bond donors (Lipinski definition) is 1. The van der Waals surface area contributed by atoms with E-state index in [0.717, 1.165) is 22.8 Å². The molecule has 4 nitrogen and oxygen atoms in total. The molecule has 0 spiro atoms. The normalized spacial score (nSPS) is 12.9. The predicted octanol–water partition coefficient (Wildman–Crippen LogP) is 1.36. The third kappa shape index (κ3) is 0.853. The highest BCUT2D eigenvalue weighted by Crippen LogP contribution is 2.32. The average Bonchev–Trinajstić information content (AvgIpc) is 2.65. The van der Waals surface area contributed by atoms with E-state index in [1.807, 2.05) is 12.1 Å². The van der Waals surface area contributed by atoms with Gasteiger partial charge in [-0.05, 0) is 12.1 Å². The van der Waals surface area contributed by atoms with Crippen LogP contribution in [0.1, 0.15) is 5.69 Å². The Hall–Kier alpha value is -1.84. The summed E-state index contributed by atoms with van der Waals surface area (Å²) in [4.78, 5) is 11.4. The molecule has 1 N–H and O–H groups in total. The Morgan fingerprint density at radius 2 is 2.31 bits per heavy atom. The topological polar surface area (TPSA) is 50.8 Å². The van der Waals surface area contributed by atoms with Gasteiger partial charge in [0.05, 0.1) is 12.0 Å². The maximum absolute atomic E-state index is 5.47. The third-order valence-electron chi connectivity index (χ3n) is 2.09. The van der Waals surface area contributed by atoms with E-state index in [9.17, 15) is 0 Å². The summed E-state index contributed by atoms with van der Waals surface area (Å²) in [7, 11) is 0. The SMILES string of the molecule is c1cnc2c(c1)OCc1[nH]cnc1-2. The van der Waals surface area contributed by atoms with E-state index in [4.69, 9.17) is 4.74 Å². The van der Waals surface area contributed by atoms with Crippen molar-refractivity contribution in [3.63, 3.8) is 0 Å². The first-order valence-corrected chi connectivity index (χ1v) is 4.05. The van der Waals surface area contributed by atoms with Gasteiger partial charge in [-0.15, -0.1) is 0 Å². The fourth-order valence-corrected chi connectivity index (χ4v) is 1.47. The van der Waals surface area contributed by atoms with Gasteiger partial charge in [-0.25, -0.2) is 4.98 Å². The molecule has 3 heterocycles. The van der Waals surface area contributed by atoms with Crippen molar-refractivity contribution in [1.82, 2.24) is 15.0 Å². The van der Waals surface area contributed by atoms with Crippen LogP contribution in [0.15, 0.2) is 24.7 Å². The van der Waals surface area contributed by atoms with E-state index in [0.29, 0.717) is 6.61 Å². The van der Waals surface area contributed by atoms with E-state index >= 15 is 0 Å². The van der Waals surface area contributed by atoms with Crippen LogP contribution in [-0.2, 0) is 6.61 Å². The summed E-state index contributed by atoms with van der Waals surface area (Å²) in [6, 6.07) is 3.76. The summed E-state index contributed by atoms with van der Waals surface area (Å²) < 4.78 is 5.47. The lowest BCUT2D eigenvalue weighted by atomic mass is 10.2. The lowest BCUT2D eigenvalue weighted by Gasteiger charge is -2.14. The lowest BCUT2D eigenvalue weighted by molar-refractivity contribution is 0.296. The van der Waals surface area contributed by atoms with Gasteiger partial charge in [-0.2, -0.15) is 0 Å². The second kappa shape index (κ2) is 2.32. The zero-order valence-corrected chi connectivity index (χ0v) is 6.82. The molecule has 4 heteroatoms. The molecule has 0 amide bonds. The number of aromatic amines is 1. The zero-order valence-electron chi connectivity index (χ0n) is 6.82. The molecule has 0 saturated heterocycles. The molecule has 13 heavy (non-hydrogen) atoms. The van der Waals surface area contributed by atoms with Gasteiger partial charge in [0.2, 0.25) is 0 Å². The van der Waals surface area contributed by atoms with Crippen LogP contribution in [0.25, 0.3) is 11.4 Å². The van der Waals surface area contributed by atoms with Gasteiger partial charge in [-0.1, -0.05) is 0 Å². The number of hydrogen-bond acceptors (Lipinski definition) is 3. The molecular weight excluding hydrogens is 166 g/mol. The van der Waals surface area contributed by atoms with Crippen LogP contribution in [0.4, 0.5) is 0 Å². The first-order valence-electron chi connectivity index (χ1n) is 4.05. The lowest BCUT2D eigenvalue weighted by Crippen LogP contribution is -2.06. The van der Waals surface area contributed by atoms with Gasteiger partial charge < -0.3 is 9.72 Å². The Labute approximate surface area is 74.6 Å². The van der Waals surface area contributed by atoms with E-state index < -0.39 is 0 Å². The van der Waals surface area contributed by atoms with Crippen LogP contribution >= 0.6 is 0 Å². The third-order valence-corrected chi connectivity index (χ3v) is 2.09. The van der Waals surface area contributed by atoms with Crippen LogP contribution in [0.3, 0.4) is 0 Å². The largest absolute Gasteiger partial charge is 0.485 e. The Bertz CT molecular complexity index is 450. The molecule has 2 aromatic heterocycles. The summed E-state index contributed by atoms with van der Waals surface area (Å²) in [5.74, 6) is 0.808. The molecule has 3 rings (SSSR count). The van der Waals surface area contributed by atoms with Crippen molar-refractivity contribution >= 4 is 0 Å². The van der Waals surface area contributed by atoms with Gasteiger partial charge in [0.15, 0.2) is 0 Å². The molecule has 0 bridgehead atoms. The number of nitrogens with zero attached hydrogens (tertiary/aromatic N) is 2. The van der Waals surface area contributed by atoms with Crippen LogP contribution in [0.2, 0.25) is 0 Å². The number of ether oxygens (including phenoxy) is 1. The monoisotopic (exact) mass is 173 g/mol. The Kier molecular flexibility index (Phi) is 1.19. The molecule has 0 atom stereocenters. The molecule has 2 aromatic rings. The first-order chi connectivity index (χ1) is 6.45. The Morgan fingerprint density at radius 3 is 3.31 bits per heavy atom. The Morgan fingerprint density at radius 1 is 1.31 bits per heavy atom. The van der Waals surface area contributed by atoms with Gasteiger partial charge in [0, 0.05) is 6.20 Å². The number of imidazole rings is 1. The smallest absolute Gasteiger partial charge is 0.147 e. The quantitative estimate of drug-likeness (QED) is 0.654. The van der Waals surface area contributed by atoms with E-state index in [1.165, 1.54) is 0 Å². The zero-order chi connectivity index (χ0) is 8.67. The standard InChI is InChI=1S/C9H7N3O/c1-2-7-9(10-3-1)8-6(4-13-7)11-5-12-8/h1-3,5H,4H2,(H,11,12). The summed E-state index contributed by atoms with van der Waals surface area (Å²) in [5, 5.41) is 0. The van der Waals surface area contributed by atoms with Crippen molar-refractivity contribution < 1.29 is 4.74 Å². The summed E-state index contributed by atoms with van der Waals surface area (Å²) in [5.41, 5.74) is 2.72. The second-order valence-corrected chi connectivity index (χ2v) is 2.87. The molecule has 1 aliphatic heterocycles. The van der Waals surface area contributed by atoms with Gasteiger partial charge in [-0.3, -0.25) is 4.98 Å². The number of nitrogens with one attached hydrogen (secondary N) is 1. The molecule has 0 aromatic carbocycles. The fraction of sp³-hybridized carbons (Fsp3) is 0.111.